The van der Waals surface area contributed by atoms with Gasteiger partial charge in [-0.15, -0.1) is 0 Å². The number of aliphatic hydroxyl groups excluding tert-OH is 1. The van der Waals surface area contributed by atoms with E-state index in [9.17, 15) is 9.90 Å². The summed E-state index contributed by atoms with van der Waals surface area (Å²) in [5.41, 5.74) is 0.810. The van der Waals surface area contributed by atoms with Crippen LogP contribution in [0.3, 0.4) is 0 Å². The smallest absolute Gasteiger partial charge is 0.315 e. The number of benzene rings is 2. The first kappa shape index (κ1) is 18.3. The van der Waals surface area contributed by atoms with E-state index in [1.165, 1.54) is 0 Å². The number of nitrogens with one attached hydrogen (secondary N) is 2. The summed E-state index contributed by atoms with van der Waals surface area (Å²) in [5, 5.41) is 16.1. The molecule has 0 aromatic heterocycles. The Morgan fingerprint density at radius 3 is 2.35 bits per heavy atom. The van der Waals surface area contributed by atoms with Gasteiger partial charge in [-0.2, -0.15) is 0 Å². The van der Waals surface area contributed by atoms with Crippen molar-refractivity contribution in [3.05, 3.63) is 66.2 Å². The minimum atomic E-state index is -0.738. The maximum atomic E-state index is 12.2. The molecular formula is C21H26N2O3. The van der Waals surface area contributed by atoms with Gasteiger partial charge in [0.2, 0.25) is 0 Å². The van der Waals surface area contributed by atoms with Gasteiger partial charge in [-0.1, -0.05) is 48.5 Å². The van der Waals surface area contributed by atoms with E-state index in [2.05, 4.69) is 10.6 Å². The van der Waals surface area contributed by atoms with Crippen molar-refractivity contribution in [3.63, 3.8) is 0 Å². The minimum Gasteiger partial charge on any atom is -0.493 e. The summed E-state index contributed by atoms with van der Waals surface area (Å²) in [6.07, 6.45) is 1.35. The average molecular weight is 354 g/mol. The van der Waals surface area contributed by atoms with Gasteiger partial charge in [-0.3, -0.25) is 0 Å². The molecule has 2 amide bonds. The van der Waals surface area contributed by atoms with Crippen LogP contribution in [0.2, 0.25) is 0 Å². The van der Waals surface area contributed by atoms with E-state index in [-0.39, 0.29) is 17.5 Å². The molecule has 0 saturated heterocycles. The summed E-state index contributed by atoms with van der Waals surface area (Å²) in [6, 6.07) is 18.4. The van der Waals surface area contributed by atoms with Gasteiger partial charge in [0.1, 0.15) is 5.75 Å². The Balaban J connectivity index is 1.42. The van der Waals surface area contributed by atoms with Crippen LogP contribution in [0.1, 0.15) is 31.4 Å². The summed E-state index contributed by atoms with van der Waals surface area (Å²) in [7, 11) is 0. The van der Waals surface area contributed by atoms with Crippen molar-refractivity contribution in [1.82, 2.24) is 10.6 Å². The minimum absolute atomic E-state index is 0.0223. The first-order valence-electron chi connectivity index (χ1n) is 9.03. The number of carbonyl (C=O) groups is 1. The zero-order valence-corrected chi connectivity index (χ0v) is 15.0. The van der Waals surface area contributed by atoms with Gasteiger partial charge in [0, 0.05) is 12.0 Å². The van der Waals surface area contributed by atoms with Crippen LogP contribution in [-0.2, 0) is 0 Å². The molecule has 5 heteroatoms. The van der Waals surface area contributed by atoms with Crippen LogP contribution in [0, 0.1) is 5.41 Å². The molecule has 0 unspecified atom stereocenters. The maximum Gasteiger partial charge on any atom is 0.315 e. The van der Waals surface area contributed by atoms with Crippen LogP contribution in [0.15, 0.2) is 60.7 Å². The third-order valence-corrected chi connectivity index (χ3v) is 4.84. The van der Waals surface area contributed by atoms with Gasteiger partial charge in [0.25, 0.3) is 0 Å². The SMILES string of the molecule is C[C@H](NC(=O)NCC1(COc2ccccc2)CC1)[C@H](O)c1ccccc1. The standard InChI is InChI=1S/C21H26N2O3/c1-16(19(24)17-8-4-2-5-9-17)23-20(25)22-14-21(12-13-21)15-26-18-10-6-3-7-11-18/h2-11,16,19,24H,12-15H2,1H3,(H2,22,23,25)/t16-,19-/m0/s1. The van der Waals surface area contributed by atoms with E-state index in [0.717, 1.165) is 24.2 Å². The number of para-hydroxylation sites is 1. The topological polar surface area (TPSA) is 70.6 Å². The Morgan fingerprint density at radius 2 is 1.73 bits per heavy atom. The van der Waals surface area contributed by atoms with Crippen molar-refractivity contribution in [3.8, 4) is 5.75 Å². The van der Waals surface area contributed by atoms with Gasteiger partial charge >= 0.3 is 6.03 Å². The van der Waals surface area contributed by atoms with Gasteiger partial charge in [-0.25, -0.2) is 4.79 Å². The van der Waals surface area contributed by atoms with Gasteiger partial charge < -0.3 is 20.5 Å². The zero-order chi connectivity index (χ0) is 18.4. The Hall–Kier alpha value is -2.53. The molecule has 2 aromatic carbocycles. The van der Waals surface area contributed by atoms with Gasteiger partial charge in [-0.05, 0) is 37.5 Å². The monoisotopic (exact) mass is 354 g/mol. The second-order valence-electron chi connectivity index (χ2n) is 7.07. The highest BCUT2D eigenvalue weighted by molar-refractivity contribution is 5.74. The molecule has 0 radical (unpaired) electrons. The molecule has 1 fully saturated rings. The molecule has 1 saturated carbocycles. The average Bonchev–Trinajstić information content (AvgIpc) is 3.46. The molecule has 1 aliphatic rings. The van der Waals surface area contributed by atoms with Crippen LogP contribution >= 0.6 is 0 Å². The van der Waals surface area contributed by atoms with Crippen LogP contribution in [-0.4, -0.2) is 30.3 Å². The maximum absolute atomic E-state index is 12.2. The molecule has 1 aliphatic carbocycles. The third-order valence-electron chi connectivity index (χ3n) is 4.84. The Bertz CT molecular complexity index is 702. The third kappa shape index (κ3) is 4.99. The number of rotatable bonds is 8. The van der Waals surface area contributed by atoms with E-state index >= 15 is 0 Å². The van der Waals surface area contributed by atoms with E-state index in [1.807, 2.05) is 60.7 Å². The highest BCUT2D eigenvalue weighted by atomic mass is 16.5. The number of aliphatic hydroxyl groups is 1. The number of hydrogen-bond donors (Lipinski definition) is 3. The molecule has 5 nitrogen and oxygen atoms in total. The lowest BCUT2D eigenvalue weighted by Gasteiger charge is -2.22. The van der Waals surface area contributed by atoms with E-state index in [0.29, 0.717) is 13.2 Å². The first-order valence-corrected chi connectivity index (χ1v) is 9.03. The predicted molar refractivity (Wildman–Crippen MR) is 101 cm³/mol. The fraction of sp³-hybridized carbons (Fsp3) is 0.381. The van der Waals surface area contributed by atoms with Gasteiger partial charge in [0.05, 0.1) is 18.8 Å². The number of urea groups is 1. The van der Waals surface area contributed by atoms with Crippen molar-refractivity contribution < 1.29 is 14.6 Å². The molecule has 138 valence electrons. The van der Waals surface area contributed by atoms with Crippen molar-refractivity contribution in [2.24, 2.45) is 5.41 Å². The van der Waals surface area contributed by atoms with E-state index in [1.54, 1.807) is 6.92 Å². The zero-order valence-electron chi connectivity index (χ0n) is 15.0. The van der Waals surface area contributed by atoms with E-state index < -0.39 is 6.10 Å². The summed E-state index contributed by atoms with van der Waals surface area (Å²) in [4.78, 5) is 12.2. The molecular weight excluding hydrogens is 328 g/mol. The number of amides is 2. The van der Waals surface area contributed by atoms with Gasteiger partial charge in [0.15, 0.2) is 0 Å². The Morgan fingerprint density at radius 1 is 1.12 bits per heavy atom. The molecule has 0 heterocycles. The van der Waals surface area contributed by atoms with E-state index in [4.69, 9.17) is 4.74 Å². The van der Waals surface area contributed by atoms with Crippen molar-refractivity contribution in [1.29, 1.82) is 0 Å². The summed E-state index contributed by atoms with van der Waals surface area (Å²) >= 11 is 0. The Kier molecular flexibility index (Phi) is 5.78. The molecule has 26 heavy (non-hydrogen) atoms. The number of ether oxygens (including phenoxy) is 1. The Labute approximate surface area is 154 Å². The van der Waals surface area contributed by atoms with Crippen molar-refractivity contribution >= 4 is 6.03 Å². The lowest BCUT2D eigenvalue weighted by Crippen LogP contribution is -2.45. The molecule has 3 rings (SSSR count). The highest BCUT2D eigenvalue weighted by Crippen LogP contribution is 2.45. The van der Waals surface area contributed by atoms with Crippen LogP contribution < -0.4 is 15.4 Å². The highest BCUT2D eigenvalue weighted by Gasteiger charge is 2.43. The number of carbonyl (C=O) groups excluding carboxylic acids is 1. The molecule has 0 aliphatic heterocycles. The predicted octanol–water partition coefficient (Wildman–Crippen LogP) is 3.27. The molecule has 2 atom stereocenters. The summed E-state index contributed by atoms with van der Waals surface area (Å²) in [6.45, 7) is 2.96. The normalized spacial score (nSPS) is 17.0. The van der Waals surface area contributed by atoms with Crippen LogP contribution in [0.5, 0.6) is 5.75 Å². The molecule has 2 aromatic rings. The second-order valence-corrected chi connectivity index (χ2v) is 7.07. The van der Waals surface area contributed by atoms with Crippen LogP contribution in [0.25, 0.3) is 0 Å². The second kappa shape index (κ2) is 8.23. The molecule has 3 N–H and O–H groups in total. The lowest BCUT2D eigenvalue weighted by molar-refractivity contribution is 0.137. The molecule has 0 bridgehead atoms. The largest absolute Gasteiger partial charge is 0.493 e. The fourth-order valence-corrected chi connectivity index (χ4v) is 2.85. The van der Waals surface area contributed by atoms with Crippen molar-refractivity contribution in [2.45, 2.75) is 31.9 Å². The molecule has 0 spiro atoms. The summed E-state index contributed by atoms with van der Waals surface area (Å²) < 4.78 is 5.83. The quantitative estimate of drug-likeness (QED) is 0.681. The summed E-state index contributed by atoms with van der Waals surface area (Å²) in [5.74, 6) is 0.850. The van der Waals surface area contributed by atoms with Crippen molar-refractivity contribution in [2.75, 3.05) is 13.2 Å². The first-order chi connectivity index (χ1) is 12.6. The van der Waals surface area contributed by atoms with Crippen LogP contribution in [0.4, 0.5) is 4.79 Å². The number of hydrogen-bond acceptors (Lipinski definition) is 3. The lowest BCUT2D eigenvalue weighted by atomic mass is 10.0. The fourth-order valence-electron chi connectivity index (χ4n) is 2.85.